The van der Waals surface area contributed by atoms with Gasteiger partial charge < -0.3 is 31.3 Å². The van der Waals surface area contributed by atoms with E-state index in [1.165, 1.54) is 12.1 Å². The molecule has 10 heteroatoms. The molecule has 1 aromatic carbocycles. The Morgan fingerprint density at radius 1 is 1.22 bits per heavy atom. The van der Waals surface area contributed by atoms with Gasteiger partial charge in [-0.3, -0.25) is 14.4 Å². The van der Waals surface area contributed by atoms with Gasteiger partial charge in [-0.05, 0) is 42.0 Å². The van der Waals surface area contributed by atoms with Crippen molar-refractivity contribution < 1.29 is 39.9 Å². The Kier molecular flexibility index (Phi) is 5.15. The van der Waals surface area contributed by atoms with Gasteiger partial charge in [-0.25, -0.2) is 0 Å². The van der Waals surface area contributed by atoms with Crippen molar-refractivity contribution in [2.75, 3.05) is 6.61 Å². The highest BCUT2D eigenvalue weighted by Gasteiger charge is 2.60. The molecule has 3 aliphatic rings. The Bertz CT molecular complexity index is 1180. The zero-order valence-electron chi connectivity index (χ0n) is 16.6. The molecule has 0 aliphatic heterocycles. The summed E-state index contributed by atoms with van der Waals surface area (Å²) in [4.78, 5) is 37.3. The third-order valence-corrected chi connectivity index (χ3v) is 6.68. The number of rotatable bonds is 3. The molecule has 0 aromatic heterocycles. The van der Waals surface area contributed by atoms with E-state index in [1.807, 2.05) is 0 Å². The molecular formula is C22H20ClNO8. The molecule has 7 N–H and O–H groups in total. The molecule has 3 unspecified atom stereocenters. The van der Waals surface area contributed by atoms with Crippen LogP contribution in [0.3, 0.4) is 0 Å². The van der Waals surface area contributed by atoms with Gasteiger partial charge in [0.25, 0.3) is 5.91 Å². The lowest BCUT2D eigenvalue weighted by Gasteiger charge is -2.46. The zero-order chi connectivity index (χ0) is 23.5. The van der Waals surface area contributed by atoms with E-state index in [9.17, 15) is 39.9 Å². The van der Waals surface area contributed by atoms with Crippen molar-refractivity contribution in [2.45, 2.75) is 24.9 Å². The average molecular weight is 462 g/mol. The molecule has 3 aliphatic carbocycles. The number of phenolic OH excluding ortho intramolecular Hbond substituents is 1. The van der Waals surface area contributed by atoms with Crippen LogP contribution in [-0.4, -0.2) is 55.2 Å². The number of aliphatic hydroxyl groups excluding tert-OH is 3. The van der Waals surface area contributed by atoms with Crippen LogP contribution in [0.1, 0.15) is 29.5 Å². The predicted octanol–water partition coefficient (Wildman–Crippen LogP) is 0.996. The van der Waals surface area contributed by atoms with Crippen LogP contribution in [0.2, 0.25) is 0 Å². The molecule has 4 rings (SSSR count). The number of carbonyl (C=O) groups excluding carboxylic acids is 3. The Morgan fingerprint density at radius 3 is 2.53 bits per heavy atom. The molecule has 1 saturated carbocycles. The average Bonchev–Trinajstić information content (AvgIpc) is 2.72. The van der Waals surface area contributed by atoms with E-state index < -0.39 is 58.6 Å². The second-order valence-corrected chi connectivity index (χ2v) is 8.67. The molecule has 0 saturated heterocycles. The predicted molar refractivity (Wildman–Crippen MR) is 112 cm³/mol. The largest absolute Gasteiger partial charge is 0.508 e. The number of benzene rings is 1. The van der Waals surface area contributed by atoms with Gasteiger partial charge in [0.05, 0.1) is 12.2 Å². The van der Waals surface area contributed by atoms with E-state index in [0.717, 1.165) is 0 Å². The second-order valence-electron chi connectivity index (χ2n) is 8.18. The van der Waals surface area contributed by atoms with Crippen molar-refractivity contribution in [3.8, 4) is 5.75 Å². The number of hydrogen-bond donors (Lipinski definition) is 6. The third kappa shape index (κ3) is 2.96. The monoisotopic (exact) mass is 461 g/mol. The van der Waals surface area contributed by atoms with Crippen molar-refractivity contribution >= 4 is 40.9 Å². The summed E-state index contributed by atoms with van der Waals surface area (Å²) in [5, 5.41) is 52.4. The summed E-state index contributed by atoms with van der Waals surface area (Å²) in [6, 6.07) is 2.83. The summed E-state index contributed by atoms with van der Waals surface area (Å²) >= 11 is 5.94. The van der Waals surface area contributed by atoms with Crippen molar-refractivity contribution in [1.82, 2.24) is 0 Å². The summed E-state index contributed by atoms with van der Waals surface area (Å²) < 4.78 is 0. The zero-order valence-corrected chi connectivity index (χ0v) is 17.4. The molecule has 9 nitrogen and oxygen atoms in total. The summed E-state index contributed by atoms with van der Waals surface area (Å²) in [5.41, 5.74) is 2.46. The summed E-state index contributed by atoms with van der Waals surface area (Å²) in [7, 11) is 0. The lowest BCUT2D eigenvalue weighted by molar-refractivity contribution is -0.147. The van der Waals surface area contributed by atoms with Gasteiger partial charge in [0.15, 0.2) is 11.4 Å². The van der Waals surface area contributed by atoms with Crippen molar-refractivity contribution in [3.05, 3.63) is 50.8 Å². The maximum absolute atomic E-state index is 13.4. The minimum absolute atomic E-state index is 0.0340. The van der Waals surface area contributed by atoms with Gasteiger partial charge in [-0.2, -0.15) is 0 Å². The normalized spacial score (nSPS) is 27.8. The number of fused-ring (bicyclic) bond motifs is 3. The third-order valence-electron chi connectivity index (χ3n) is 6.45. The quantitative estimate of drug-likeness (QED) is 0.361. The molecule has 0 heterocycles. The molecule has 32 heavy (non-hydrogen) atoms. The Labute approximate surface area is 186 Å². The van der Waals surface area contributed by atoms with Crippen LogP contribution in [0.4, 0.5) is 0 Å². The van der Waals surface area contributed by atoms with E-state index in [2.05, 4.69) is 0 Å². The second kappa shape index (κ2) is 7.47. The molecular weight excluding hydrogens is 442 g/mol. The van der Waals surface area contributed by atoms with E-state index in [0.29, 0.717) is 11.1 Å². The fourth-order valence-electron chi connectivity index (χ4n) is 5.00. The molecule has 1 aromatic rings. The number of aliphatic hydroxyl groups is 4. The lowest BCUT2D eigenvalue weighted by Crippen LogP contribution is -2.58. The van der Waals surface area contributed by atoms with Gasteiger partial charge in [0.2, 0.25) is 5.78 Å². The number of ketones is 2. The highest BCUT2D eigenvalue weighted by molar-refractivity contribution is 6.31. The Hall–Kier alpha value is -3.14. The number of nitrogens with two attached hydrogens (primary N) is 1. The van der Waals surface area contributed by atoms with Crippen LogP contribution in [0.25, 0.3) is 11.8 Å². The summed E-state index contributed by atoms with van der Waals surface area (Å²) in [6.07, 6.45) is 1.28. The van der Waals surface area contributed by atoms with Crippen LogP contribution in [-0.2, 0) is 20.8 Å². The van der Waals surface area contributed by atoms with Crippen molar-refractivity contribution in [2.24, 2.45) is 17.6 Å². The van der Waals surface area contributed by atoms with Gasteiger partial charge in [-0.1, -0.05) is 17.7 Å². The van der Waals surface area contributed by atoms with Crippen molar-refractivity contribution in [1.29, 1.82) is 0 Å². The fourth-order valence-corrected chi connectivity index (χ4v) is 5.11. The Balaban J connectivity index is 1.93. The smallest absolute Gasteiger partial charge is 0.255 e. The van der Waals surface area contributed by atoms with Crippen LogP contribution < -0.4 is 5.73 Å². The number of aromatic hydroxyl groups is 1. The molecule has 3 atom stereocenters. The number of Topliss-reactive ketones (excluding diaryl/α,β-unsaturated/α-hetero) is 2. The van der Waals surface area contributed by atoms with E-state index in [4.69, 9.17) is 17.3 Å². The van der Waals surface area contributed by atoms with Gasteiger partial charge in [-0.15, -0.1) is 0 Å². The first kappa shape index (κ1) is 22.1. The highest BCUT2D eigenvalue weighted by Crippen LogP contribution is 2.52. The molecule has 0 bridgehead atoms. The van der Waals surface area contributed by atoms with E-state index >= 15 is 0 Å². The van der Waals surface area contributed by atoms with E-state index in [-0.39, 0.29) is 41.2 Å². The van der Waals surface area contributed by atoms with Crippen LogP contribution in [0, 0.1) is 11.8 Å². The molecule has 0 spiro atoms. The number of phenols is 1. The van der Waals surface area contributed by atoms with Crippen LogP contribution in [0.5, 0.6) is 5.75 Å². The number of amides is 1. The maximum Gasteiger partial charge on any atom is 0.255 e. The summed E-state index contributed by atoms with van der Waals surface area (Å²) in [5.74, 6) is -6.79. The summed E-state index contributed by atoms with van der Waals surface area (Å²) in [6.45, 7) is -0.419. The molecule has 1 amide bonds. The van der Waals surface area contributed by atoms with Gasteiger partial charge >= 0.3 is 0 Å². The number of carbonyl (C=O) groups is 3. The molecule has 1 fully saturated rings. The van der Waals surface area contributed by atoms with Crippen LogP contribution >= 0.6 is 11.6 Å². The first-order valence-corrected chi connectivity index (χ1v) is 10.2. The first-order valence-electron chi connectivity index (χ1n) is 9.81. The highest BCUT2D eigenvalue weighted by atomic mass is 35.5. The van der Waals surface area contributed by atoms with E-state index in [1.54, 1.807) is 6.07 Å². The minimum Gasteiger partial charge on any atom is -0.508 e. The van der Waals surface area contributed by atoms with Crippen molar-refractivity contribution in [3.63, 3.8) is 0 Å². The maximum atomic E-state index is 13.4. The SMILES string of the molecule is NC(=O)C1=C(O)C2(O)C(=O)C3=C(O)c4c(O)ccc(/C=C(/Cl)CO)c4CC3CC2CC1=O. The standard InChI is InChI=1S/C22H20ClNO8/c23-11(7-25)4-8-1-2-13(26)16-12(8)5-9-3-10-6-14(27)17(21(24)31)20(30)22(10,32)19(29)15(9)18(16)28/h1-2,4,9-10,25-26,28,30,32H,3,5-7H2,(H2,24,31)/b11-4+. The van der Waals surface area contributed by atoms with Crippen LogP contribution in [0.15, 0.2) is 34.1 Å². The minimum atomic E-state index is -2.59. The lowest BCUT2D eigenvalue weighted by atomic mass is 9.59. The topological polar surface area (TPSA) is 178 Å². The number of hydrogen-bond acceptors (Lipinski definition) is 8. The molecule has 0 radical (unpaired) electrons. The number of halogens is 1. The Morgan fingerprint density at radius 2 is 1.91 bits per heavy atom. The van der Waals surface area contributed by atoms with Gasteiger partial charge in [0, 0.05) is 22.9 Å². The molecule has 168 valence electrons. The first-order chi connectivity index (χ1) is 15.0. The fraction of sp³-hybridized carbons (Fsp3) is 0.318. The number of primary amides is 1. The van der Waals surface area contributed by atoms with Gasteiger partial charge in [0.1, 0.15) is 22.8 Å².